The highest BCUT2D eigenvalue weighted by Crippen LogP contribution is 2.61. The van der Waals surface area contributed by atoms with Gasteiger partial charge in [-0.15, -0.1) is 0 Å². The number of primary amides is 1. The van der Waals surface area contributed by atoms with Gasteiger partial charge in [0.05, 0.1) is 0 Å². The van der Waals surface area contributed by atoms with Crippen molar-refractivity contribution < 1.29 is 38.6 Å². The number of carbonyl (C=O) groups is 6. The van der Waals surface area contributed by atoms with E-state index in [1.54, 1.807) is 30.3 Å². The molecule has 17 heteroatoms. The summed E-state index contributed by atoms with van der Waals surface area (Å²) < 4.78 is 5.25. The quantitative estimate of drug-likeness (QED) is 0.0444. The topological polar surface area (TPSA) is 280 Å². The molecular weight excluding hydrogens is 771 g/mol. The van der Waals surface area contributed by atoms with Crippen LogP contribution in [0.5, 0.6) is 0 Å². The highest BCUT2D eigenvalue weighted by Gasteiger charge is 2.52. The van der Waals surface area contributed by atoms with Crippen LogP contribution >= 0.6 is 0 Å². The maximum absolute atomic E-state index is 14.3. The normalized spacial score (nSPS) is 21.9. The minimum Gasteiger partial charge on any atom is -0.465 e. The van der Waals surface area contributed by atoms with E-state index in [4.69, 9.17) is 21.6 Å². The van der Waals surface area contributed by atoms with Crippen molar-refractivity contribution in [3.05, 3.63) is 71.8 Å². The summed E-state index contributed by atoms with van der Waals surface area (Å²) in [6.45, 7) is 0.628. The molecule has 6 amide bonds. The van der Waals surface area contributed by atoms with Gasteiger partial charge < -0.3 is 53.2 Å². The molecule has 326 valence electrons. The molecule has 4 bridgehead atoms. The van der Waals surface area contributed by atoms with Crippen LogP contribution in [0.25, 0.3) is 0 Å². The van der Waals surface area contributed by atoms with Gasteiger partial charge in [-0.25, -0.2) is 9.59 Å². The van der Waals surface area contributed by atoms with Gasteiger partial charge in [0, 0.05) is 19.5 Å². The molecule has 0 aliphatic heterocycles. The number of ether oxygens (including phenoxy) is 1. The standard InChI is InChI=1S/C43H61N9O8/c44-36(53)32(14-7-8-16-48-42(59)60-26-28-12-5-2-6-13-28)49-39(56)35(25-43-22-29-18-30(23-43)20-31(19-29)24-43)51-37(54)33(15-9-17-47-40(45)46)50-38(55)34(52-41(57)58)21-27-10-3-1-4-11-27/h1-6,10-13,29-35,52H,7-9,14-26H2,(H2,44,53)(H,48,59)(H,49,56)(H,50,55)(H,51,54)(H,57,58)(H4,45,46,47)/t29?,30?,31?,32-,33+,34-,35-,43?/m0/s1. The van der Waals surface area contributed by atoms with E-state index in [-0.39, 0.29) is 50.3 Å². The Morgan fingerprint density at radius 3 is 1.77 bits per heavy atom. The van der Waals surface area contributed by atoms with E-state index in [1.807, 2.05) is 30.3 Å². The van der Waals surface area contributed by atoms with E-state index in [0.717, 1.165) is 24.8 Å². The maximum Gasteiger partial charge on any atom is 0.407 e. The Morgan fingerprint density at radius 1 is 0.667 bits per heavy atom. The third-order valence-electron chi connectivity index (χ3n) is 12.0. The fraction of sp³-hybridized carbons (Fsp3) is 0.558. The van der Waals surface area contributed by atoms with Crippen LogP contribution in [0.4, 0.5) is 9.59 Å². The molecule has 0 unspecified atom stereocenters. The minimum atomic E-state index is -1.41. The summed E-state index contributed by atoms with van der Waals surface area (Å²) in [7, 11) is 0. The minimum absolute atomic E-state index is 0.0270. The zero-order valence-electron chi connectivity index (χ0n) is 34.1. The Kier molecular flexibility index (Phi) is 16.5. The molecule has 4 atom stereocenters. The number of hydrogen-bond donors (Lipinski definition) is 10. The van der Waals surface area contributed by atoms with Gasteiger partial charge in [0.25, 0.3) is 0 Å². The number of amides is 6. The first-order chi connectivity index (χ1) is 28.8. The monoisotopic (exact) mass is 831 g/mol. The average Bonchev–Trinajstić information content (AvgIpc) is 3.19. The molecule has 17 nitrogen and oxygen atoms in total. The van der Waals surface area contributed by atoms with E-state index < -0.39 is 60.0 Å². The van der Waals surface area contributed by atoms with Crippen molar-refractivity contribution in [3.8, 4) is 0 Å². The van der Waals surface area contributed by atoms with Crippen LogP contribution in [0.2, 0.25) is 0 Å². The summed E-state index contributed by atoms with van der Waals surface area (Å²) in [5.41, 5.74) is 12.6. The molecule has 0 heterocycles. The van der Waals surface area contributed by atoms with Crippen molar-refractivity contribution >= 4 is 41.8 Å². The fourth-order valence-corrected chi connectivity index (χ4v) is 9.73. The Labute approximate surface area is 350 Å². The lowest BCUT2D eigenvalue weighted by atomic mass is 9.48. The van der Waals surface area contributed by atoms with E-state index in [2.05, 4.69) is 31.9 Å². The molecule has 0 radical (unpaired) electrons. The van der Waals surface area contributed by atoms with Crippen molar-refractivity contribution in [1.29, 1.82) is 5.41 Å². The zero-order valence-corrected chi connectivity index (χ0v) is 34.1. The predicted molar refractivity (Wildman–Crippen MR) is 223 cm³/mol. The van der Waals surface area contributed by atoms with E-state index in [9.17, 15) is 33.9 Å². The van der Waals surface area contributed by atoms with Crippen molar-refractivity contribution in [3.63, 3.8) is 0 Å². The van der Waals surface area contributed by atoms with E-state index in [0.29, 0.717) is 49.0 Å². The summed E-state index contributed by atoms with van der Waals surface area (Å²) >= 11 is 0. The third-order valence-corrected chi connectivity index (χ3v) is 12.0. The first-order valence-corrected chi connectivity index (χ1v) is 21.0. The van der Waals surface area contributed by atoms with Gasteiger partial charge in [0.1, 0.15) is 30.8 Å². The zero-order chi connectivity index (χ0) is 43.1. The fourth-order valence-electron chi connectivity index (χ4n) is 9.73. The molecule has 0 saturated heterocycles. The number of nitrogens with one attached hydrogen (secondary N) is 7. The van der Waals surface area contributed by atoms with Crippen LogP contribution in [0.15, 0.2) is 60.7 Å². The van der Waals surface area contributed by atoms with Crippen LogP contribution in [-0.4, -0.2) is 84.1 Å². The second-order valence-corrected chi connectivity index (χ2v) is 16.9. The Bertz CT molecular complexity index is 1760. The number of rotatable bonds is 23. The van der Waals surface area contributed by atoms with E-state index in [1.165, 1.54) is 19.3 Å². The SMILES string of the molecule is N=C(N)NCCC[C@@H](NC(=O)[C@H](Cc1ccccc1)NC(=O)O)C(=O)N[C@@H](CC12CC3CC(CC(C3)C1)C2)C(=O)N[C@@H](CCCCNC(=O)OCc1ccccc1)C(N)=O. The van der Waals surface area contributed by atoms with Gasteiger partial charge >= 0.3 is 12.2 Å². The number of benzene rings is 2. The number of hydrogen-bond acceptors (Lipinski definition) is 8. The lowest BCUT2D eigenvalue weighted by Gasteiger charge is -2.57. The predicted octanol–water partition coefficient (Wildman–Crippen LogP) is 2.77. The molecule has 2 aromatic rings. The van der Waals surface area contributed by atoms with Crippen LogP contribution in [0.1, 0.15) is 88.2 Å². The molecular formula is C43H61N9O8. The molecule has 0 spiro atoms. The lowest BCUT2D eigenvalue weighted by molar-refractivity contribution is -0.136. The van der Waals surface area contributed by atoms with Crippen LogP contribution in [-0.2, 0) is 36.9 Å². The number of unbranched alkanes of at least 4 members (excludes halogenated alkanes) is 1. The Morgan fingerprint density at radius 2 is 1.18 bits per heavy atom. The number of carbonyl (C=O) groups excluding carboxylic acids is 5. The molecule has 4 saturated carbocycles. The van der Waals surface area contributed by atoms with Gasteiger partial charge in [0.2, 0.25) is 23.6 Å². The second-order valence-electron chi connectivity index (χ2n) is 16.9. The number of guanidine groups is 1. The highest BCUT2D eigenvalue weighted by atomic mass is 16.5. The number of carboxylic acid groups (broad SMARTS) is 1. The van der Waals surface area contributed by atoms with Crippen molar-refractivity contribution in [2.45, 2.75) is 114 Å². The molecule has 2 aromatic carbocycles. The largest absolute Gasteiger partial charge is 0.465 e. The first kappa shape index (κ1) is 45.2. The number of nitrogens with two attached hydrogens (primary N) is 2. The third kappa shape index (κ3) is 14.2. The summed E-state index contributed by atoms with van der Waals surface area (Å²) in [4.78, 5) is 78.9. The van der Waals surface area contributed by atoms with Gasteiger partial charge in [-0.2, -0.15) is 0 Å². The molecule has 4 aliphatic rings. The maximum atomic E-state index is 14.3. The summed E-state index contributed by atoms with van der Waals surface area (Å²) in [5, 5.41) is 33.2. The Hall–Kier alpha value is -5.87. The summed E-state index contributed by atoms with van der Waals surface area (Å²) in [6, 6.07) is 13.6. The van der Waals surface area contributed by atoms with Gasteiger partial charge in [0.15, 0.2) is 5.96 Å². The second kappa shape index (κ2) is 21.9. The van der Waals surface area contributed by atoms with Crippen LogP contribution < -0.4 is 43.4 Å². The molecule has 12 N–H and O–H groups in total. The van der Waals surface area contributed by atoms with Crippen LogP contribution in [0.3, 0.4) is 0 Å². The molecule has 4 aliphatic carbocycles. The number of alkyl carbamates (subject to hydrolysis) is 1. The van der Waals surface area contributed by atoms with Crippen molar-refractivity contribution in [2.24, 2.45) is 34.6 Å². The van der Waals surface area contributed by atoms with Crippen LogP contribution in [0, 0.1) is 28.6 Å². The molecule has 4 fully saturated rings. The van der Waals surface area contributed by atoms with E-state index >= 15 is 0 Å². The first-order valence-electron chi connectivity index (χ1n) is 21.0. The summed E-state index contributed by atoms with van der Waals surface area (Å²) in [6.07, 6.45) is 6.21. The molecule has 0 aromatic heterocycles. The lowest BCUT2D eigenvalue weighted by Crippen LogP contribution is -2.60. The Balaban J connectivity index is 1.26. The van der Waals surface area contributed by atoms with Gasteiger partial charge in [-0.1, -0.05) is 60.7 Å². The molecule has 6 rings (SSSR count). The average molecular weight is 832 g/mol. The smallest absolute Gasteiger partial charge is 0.407 e. The van der Waals surface area contributed by atoms with Gasteiger partial charge in [-0.05, 0) is 111 Å². The highest BCUT2D eigenvalue weighted by molar-refractivity contribution is 5.95. The van der Waals surface area contributed by atoms with Crippen molar-refractivity contribution in [2.75, 3.05) is 13.1 Å². The molecule has 60 heavy (non-hydrogen) atoms. The van der Waals surface area contributed by atoms with Gasteiger partial charge in [-0.3, -0.25) is 24.6 Å². The van der Waals surface area contributed by atoms with Crippen molar-refractivity contribution in [1.82, 2.24) is 31.9 Å². The summed E-state index contributed by atoms with van der Waals surface area (Å²) in [5.74, 6) is -1.27.